The number of anilines is 1. The molecule has 1 rings (SSSR count). The van der Waals surface area contributed by atoms with Crippen molar-refractivity contribution in [3.63, 3.8) is 0 Å². The van der Waals surface area contributed by atoms with Gasteiger partial charge in [0.1, 0.15) is 5.82 Å². The molecule has 0 aliphatic rings. The van der Waals surface area contributed by atoms with Crippen molar-refractivity contribution in [2.75, 3.05) is 24.5 Å². The maximum atomic E-state index is 5.52. The molecular weight excluding hydrogens is 208 g/mol. The first-order valence-electron chi connectivity index (χ1n) is 5.59. The standard InChI is InChI=1S/C10H20N4S/c1-3-7-14(8-5-6-11)10-12-9(4-2)13-15-10/h3-8,11H2,1-2H3. The van der Waals surface area contributed by atoms with Crippen LogP contribution in [-0.4, -0.2) is 29.0 Å². The van der Waals surface area contributed by atoms with E-state index in [2.05, 4.69) is 28.1 Å². The van der Waals surface area contributed by atoms with Crippen molar-refractivity contribution in [1.82, 2.24) is 9.36 Å². The van der Waals surface area contributed by atoms with Crippen LogP contribution in [0.1, 0.15) is 32.5 Å². The lowest BCUT2D eigenvalue weighted by Crippen LogP contribution is -2.26. The Labute approximate surface area is 95.7 Å². The second kappa shape index (κ2) is 6.74. The van der Waals surface area contributed by atoms with E-state index in [1.165, 1.54) is 11.5 Å². The molecule has 0 radical (unpaired) electrons. The molecule has 15 heavy (non-hydrogen) atoms. The average Bonchev–Trinajstić information content (AvgIpc) is 2.72. The first kappa shape index (κ1) is 12.4. The molecule has 1 aromatic rings. The Kier molecular flexibility index (Phi) is 5.57. The van der Waals surface area contributed by atoms with E-state index in [1.807, 2.05) is 0 Å². The van der Waals surface area contributed by atoms with Gasteiger partial charge in [0, 0.05) is 31.0 Å². The molecule has 0 aliphatic carbocycles. The molecule has 0 amide bonds. The van der Waals surface area contributed by atoms with E-state index < -0.39 is 0 Å². The fourth-order valence-corrected chi connectivity index (χ4v) is 2.17. The van der Waals surface area contributed by atoms with E-state index in [0.717, 1.165) is 49.9 Å². The minimum absolute atomic E-state index is 0.736. The second-order valence-electron chi connectivity index (χ2n) is 3.48. The maximum Gasteiger partial charge on any atom is 0.205 e. The lowest BCUT2D eigenvalue weighted by Gasteiger charge is -2.19. The van der Waals surface area contributed by atoms with Crippen molar-refractivity contribution in [1.29, 1.82) is 0 Å². The molecule has 0 saturated carbocycles. The third-order valence-corrected chi connectivity index (χ3v) is 2.98. The lowest BCUT2D eigenvalue weighted by molar-refractivity contribution is 0.716. The smallest absolute Gasteiger partial charge is 0.205 e. The summed E-state index contributed by atoms with van der Waals surface area (Å²) in [5, 5.41) is 1.04. The van der Waals surface area contributed by atoms with Crippen molar-refractivity contribution < 1.29 is 0 Å². The average molecular weight is 228 g/mol. The van der Waals surface area contributed by atoms with Gasteiger partial charge in [-0.15, -0.1) is 0 Å². The fraction of sp³-hybridized carbons (Fsp3) is 0.800. The summed E-state index contributed by atoms with van der Waals surface area (Å²) >= 11 is 1.50. The van der Waals surface area contributed by atoms with E-state index in [0.29, 0.717) is 0 Å². The molecule has 0 bridgehead atoms. The van der Waals surface area contributed by atoms with E-state index in [9.17, 15) is 0 Å². The van der Waals surface area contributed by atoms with Crippen LogP contribution in [0.2, 0.25) is 0 Å². The van der Waals surface area contributed by atoms with Gasteiger partial charge in [0.05, 0.1) is 0 Å². The summed E-state index contributed by atoms with van der Waals surface area (Å²) in [4.78, 5) is 6.77. The molecule has 0 spiro atoms. The molecule has 0 saturated heterocycles. The molecule has 0 unspecified atom stereocenters. The first-order valence-corrected chi connectivity index (χ1v) is 6.36. The predicted molar refractivity (Wildman–Crippen MR) is 65.5 cm³/mol. The Morgan fingerprint density at radius 1 is 1.33 bits per heavy atom. The minimum atomic E-state index is 0.736. The number of nitrogens with two attached hydrogens (primary N) is 1. The number of hydrogen-bond acceptors (Lipinski definition) is 5. The van der Waals surface area contributed by atoms with Crippen LogP contribution in [0.5, 0.6) is 0 Å². The van der Waals surface area contributed by atoms with Crippen molar-refractivity contribution >= 4 is 16.7 Å². The van der Waals surface area contributed by atoms with E-state index >= 15 is 0 Å². The third kappa shape index (κ3) is 3.76. The summed E-state index contributed by atoms with van der Waals surface area (Å²) in [5.74, 6) is 0.948. The predicted octanol–water partition coefficient (Wildman–Crippen LogP) is 1.67. The first-order chi connectivity index (χ1) is 7.31. The van der Waals surface area contributed by atoms with Gasteiger partial charge in [-0.3, -0.25) is 0 Å². The zero-order valence-electron chi connectivity index (χ0n) is 9.57. The van der Waals surface area contributed by atoms with Crippen LogP contribution in [0.4, 0.5) is 5.13 Å². The molecule has 0 aromatic carbocycles. The second-order valence-corrected chi connectivity index (χ2v) is 4.21. The van der Waals surface area contributed by atoms with E-state index in [4.69, 9.17) is 5.73 Å². The normalized spacial score (nSPS) is 10.6. The van der Waals surface area contributed by atoms with Gasteiger partial charge in [0.15, 0.2) is 0 Å². The maximum absolute atomic E-state index is 5.52. The summed E-state index contributed by atoms with van der Waals surface area (Å²) in [6.45, 7) is 7.02. The van der Waals surface area contributed by atoms with Gasteiger partial charge >= 0.3 is 0 Å². The highest BCUT2D eigenvalue weighted by Crippen LogP contribution is 2.17. The summed E-state index contributed by atoms with van der Waals surface area (Å²) in [6.07, 6.45) is 3.06. The van der Waals surface area contributed by atoms with Gasteiger partial charge < -0.3 is 10.6 Å². The quantitative estimate of drug-likeness (QED) is 0.771. The molecule has 0 aliphatic heterocycles. The molecule has 1 aromatic heterocycles. The van der Waals surface area contributed by atoms with Gasteiger partial charge in [-0.05, 0) is 19.4 Å². The summed E-state index contributed by atoms with van der Waals surface area (Å²) < 4.78 is 4.30. The molecule has 1 heterocycles. The highest BCUT2D eigenvalue weighted by atomic mass is 32.1. The monoisotopic (exact) mass is 228 g/mol. The third-order valence-electron chi connectivity index (χ3n) is 2.17. The SMILES string of the molecule is CCCN(CCCN)c1nc(CC)ns1. The van der Waals surface area contributed by atoms with Gasteiger partial charge in [-0.25, -0.2) is 4.98 Å². The molecule has 86 valence electrons. The number of aryl methyl sites for hydroxylation is 1. The molecule has 4 nitrogen and oxygen atoms in total. The van der Waals surface area contributed by atoms with Crippen molar-refractivity contribution in [3.8, 4) is 0 Å². The van der Waals surface area contributed by atoms with Gasteiger partial charge in [0.25, 0.3) is 0 Å². The van der Waals surface area contributed by atoms with E-state index in [-0.39, 0.29) is 0 Å². The Morgan fingerprint density at radius 2 is 2.13 bits per heavy atom. The summed E-state index contributed by atoms with van der Waals surface area (Å²) in [6, 6.07) is 0. The zero-order chi connectivity index (χ0) is 11.1. The minimum Gasteiger partial charge on any atom is -0.347 e. The van der Waals surface area contributed by atoms with E-state index in [1.54, 1.807) is 0 Å². The van der Waals surface area contributed by atoms with Gasteiger partial charge in [-0.2, -0.15) is 4.37 Å². The number of aromatic nitrogens is 2. The highest BCUT2D eigenvalue weighted by molar-refractivity contribution is 7.09. The van der Waals surface area contributed by atoms with Crippen LogP contribution >= 0.6 is 11.5 Å². The van der Waals surface area contributed by atoms with Crippen molar-refractivity contribution in [2.24, 2.45) is 5.73 Å². The van der Waals surface area contributed by atoms with Crippen molar-refractivity contribution in [3.05, 3.63) is 5.82 Å². The van der Waals surface area contributed by atoms with Crippen LogP contribution < -0.4 is 10.6 Å². The van der Waals surface area contributed by atoms with Gasteiger partial charge in [-0.1, -0.05) is 13.8 Å². The number of nitrogens with zero attached hydrogens (tertiary/aromatic N) is 3. The van der Waals surface area contributed by atoms with Crippen LogP contribution in [0, 0.1) is 0 Å². The number of hydrogen-bond donors (Lipinski definition) is 1. The fourth-order valence-electron chi connectivity index (χ4n) is 1.37. The Morgan fingerprint density at radius 3 is 2.67 bits per heavy atom. The Balaban J connectivity index is 2.60. The summed E-state index contributed by atoms with van der Waals surface area (Å²) in [7, 11) is 0. The van der Waals surface area contributed by atoms with Crippen LogP contribution in [-0.2, 0) is 6.42 Å². The van der Waals surface area contributed by atoms with Crippen molar-refractivity contribution in [2.45, 2.75) is 33.1 Å². The summed E-state index contributed by atoms with van der Waals surface area (Å²) in [5.41, 5.74) is 5.52. The zero-order valence-corrected chi connectivity index (χ0v) is 10.4. The molecular formula is C10H20N4S. The lowest BCUT2D eigenvalue weighted by atomic mass is 10.3. The van der Waals surface area contributed by atoms with Crippen LogP contribution in [0.15, 0.2) is 0 Å². The molecule has 0 fully saturated rings. The topological polar surface area (TPSA) is 55.0 Å². The van der Waals surface area contributed by atoms with Gasteiger partial charge in [0.2, 0.25) is 5.13 Å². The van der Waals surface area contributed by atoms with Crippen LogP contribution in [0.3, 0.4) is 0 Å². The largest absolute Gasteiger partial charge is 0.347 e. The highest BCUT2D eigenvalue weighted by Gasteiger charge is 2.10. The molecule has 5 heteroatoms. The number of rotatable bonds is 7. The Bertz CT molecular complexity index is 274. The Hall–Kier alpha value is -0.680. The molecule has 0 atom stereocenters. The molecule has 2 N–H and O–H groups in total. The van der Waals surface area contributed by atoms with Crippen LogP contribution in [0.25, 0.3) is 0 Å².